The number of allylic oxidation sites excluding steroid dienone is 2. The molecule has 4 heteroatoms. The second-order valence-corrected chi connectivity index (χ2v) is 5.52. The lowest BCUT2D eigenvalue weighted by Gasteiger charge is -2.30. The van der Waals surface area contributed by atoms with E-state index in [0.29, 0.717) is 17.5 Å². The molecule has 2 rings (SSSR count). The molecule has 1 aliphatic heterocycles. The van der Waals surface area contributed by atoms with Gasteiger partial charge >= 0.3 is 0 Å². The molecule has 0 saturated heterocycles. The number of amides is 1. The maximum atomic E-state index is 12.2. The molecular weight excluding hydrogens is 226 g/mol. The molecule has 1 aliphatic carbocycles. The van der Waals surface area contributed by atoms with E-state index in [-0.39, 0.29) is 5.91 Å². The molecule has 0 saturated carbocycles. The molecule has 0 aromatic rings. The summed E-state index contributed by atoms with van der Waals surface area (Å²) in [5, 5.41) is 4.85. The summed E-state index contributed by atoms with van der Waals surface area (Å²) in [6, 6.07) is 0. The van der Waals surface area contributed by atoms with Gasteiger partial charge in [0.25, 0.3) is 5.91 Å². The van der Waals surface area contributed by atoms with Crippen molar-refractivity contribution in [2.24, 2.45) is 11.8 Å². The quantitative estimate of drug-likeness (QED) is 0.784. The minimum Gasteiger partial charge on any atom is -0.325 e. The Morgan fingerprint density at radius 1 is 1.50 bits per heavy atom. The molecule has 0 spiro atoms. The first kappa shape index (κ1) is 13.1. The molecule has 0 aromatic carbocycles. The first-order chi connectivity index (χ1) is 8.56. The lowest BCUT2D eigenvalue weighted by atomic mass is 9.94. The molecule has 2 unspecified atom stereocenters. The van der Waals surface area contributed by atoms with Crippen LogP contribution in [0.5, 0.6) is 0 Å². The van der Waals surface area contributed by atoms with Gasteiger partial charge in [-0.3, -0.25) is 4.79 Å². The van der Waals surface area contributed by atoms with Gasteiger partial charge in [0.05, 0.1) is 0 Å². The first-order valence-electron chi connectivity index (χ1n) is 6.75. The fourth-order valence-corrected chi connectivity index (χ4v) is 2.45. The van der Waals surface area contributed by atoms with Gasteiger partial charge in [0.1, 0.15) is 5.70 Å². The predicted molar refractivity (Wildman–Crippen MR) is 72.3 cm³/mol. The molecule has 2 N–H and O–H groups in total. The third kappa shape index (κ3) is 3.13. The van der Waals surface area contributed by atoms with Crippen LogP contribution in [0.4, 0.5) is 0 Å². The van der Waals surface area contributed by atoms with E-state index in [1.54, 1.807) is 0 Å². The molecule has 2 aliphatic rings. The smallest absolute Gasteiger partial charge is 0.272 e. The number of nitrogens with zero attached hydrogens (tertiary/aromatic N) is 1. The summed E-state index contributed by atoms with van der Waals surface area (Å²) in [4.78, 5) is 12.2. The van der Waals surface area contributed by atoms with Crippen molar-refractivity contribution in [3.63, 3.8) is 0 Å². The Kier molecular flexibility index (Phi) is 4.07. The van der Waals surface area contributed by atoms with Gasteiger partial charge < -0.3 is 10.3 Å². The summed E-state index contributed by atoms with van der Waals surface area (Å²) in [6.45, 7) is 5.22. The molecule has 1 amide bonds. The number of carbonyl (C=O) groups excluding carboxylic acids is 1. The SMILES string of the molecule is CC1C=C(C(=O)NC2=CCCC(C)C2)N(C)NC1. The molecule has 0 fully saturated rings. The average molecular weight is 249 g/mol. The van der Waals surface area contributed by atoms with E-state index in [2.05, 4.69) is 30.7 Å². The molecule has 4 nitrogen and oxygen atoms in total. The van der Waals surface area contributed by atoms with Gasteiger partial charge in [0.2, 0.25) is 0 Å². The number of hydrogen-bond acceptors (Lipinski definition) is 3. The minimum atomic E-state index is -0.00287. The highest BCUT2D eigenvalue weighted by Gasteiger charge is 2.21. The Bertz CT molecular complexity index is 387. The summed E-state index contributed by atoms with van der Waals surface area (Å²) < 4.78 is 0. The standard InChI is InChI=1S/C14H23N3O/c1-10-5-4-6-12(7-10)16-14(18)13-8-11(2)9-15-17(13)3/h6,8,10-11,15H,4-5,7,9H2,1-3H3,(H,16,18). The van der Waals surface area contributed by atoms with Gasteiger partial charge in [-0.25, -0.2) is 5.43 Å². The van der Waals surface area contributed by atoms with Crippen LogP contribution < -0.4 is 10.7 Å². The molecule has 0 radical (unpaired) electrons. The fraction of sp³-hybridized carbons (Fsp3) is 0.643. The Balaban J connectivity index is 2.01. The molecular formula is C14H23N3O. The van der Waals surface area contributed by atoms with Gasteiger partial charge in [0.15, 0.2) is 0 Å². The molecule has 0 bridgehead atoms. The number of rotatable bonds is 2. The zero-order chi connectivity index (χ0) is 13.1. The predicted octanol–water partition coefficient (Wildman–Crippen LogP) is 1.78. The highest BCUT2D eigenvalue weighted by molar-refractivity contribution is 5.94. The molecule has 18 heavy (non-hydrogen) atoms. The van der Waals surface area contributed by atoms with Gasteiger partial charge in [0, 0.05) is 19.3 Å². The lowest BCUT2D eigenvalue weighted by molar-refractivity contribution is -0.118. The minimum absolute atomic E-state index is 0.00287. The van der Waals surface area contributed by atoms with Crippen LogP contribution >= 0.6 is 0 Å². The second kappa shape index (κ2) is 5.57. The van der Waals surface area contributed by atoms with E-state index in [0.717, 1.165) is 25.1 Å². The van der Waals surface area contributed by atoms with Crippen molar-refractivity contribution in [3.8, 4) is 0 Å². The van der Waals surface area contributed by atoms with Crippen LogP contribution in [0.2, 0.25) is 0 Å². The molecule has 0 aromatic heterocycles. The van der Waals surface area contributed by atoms with Crippen LogP contribution in [-0.4, -0.2) is 24.5 Å². The van der Waals surface area contributed by atoms with Crippen molar-refractivity contribution in [3.05, 3.63) is 23.5 Å². The fourth-order valence-electron chi connectivity index (χ4n) is 2.45. The Labute approximate surface area is 109 Å². The van der Waals surface area contributed by atoms with Crippen LogP contribution in [0, 0.1) is 11.8 Å². The maximum Gasteiger partial charge on any atom is 0.272 e. The summed E-state index contributed by atoms with van der Waals surface area (Å²) in [7, 11) is 1.88. The highest BCUT2D eigenvalue weighted by atomic mass is 16.2. The number of hydrazine groups is 1. The zero-order valence-electron chi connectivity index (χ0n) is 11.5. The van der Waals surface area contributed by atoms with Gasteiger partial charge in [-0.2, -0.15) is 0 Å². The largest absolute Gasteiger partial charge is 0.325 e. The summed E-state index contributed by atoms with van der Waals surface area (Å²) in [5.74, 6) is 1.05. The second-order valence-electron chi connectivity index (χ2n) is 5.52. The Hall–Kier alpha value is -1.29. The van der Waals surface area contributed by atoms with Crippen LogP contribution in [-0.2, 0) is 4.79 Å². The van der Waals surface area contributed by atoms with E-state index in [1.165, 1.54) is 6.42 Å². The number of carbonyl (C=O) groups is 1. The maximum absolute atomic E-state index is 12.2. The summed E-state index contributed by atoms with van der Waals surface area (Å²) in [5.41, 5.74) is 4.98. The highest BCUT2D eigenvalue weighted by Crippen LogP contribution is 2.22. The van der Waals surface area contributed by atoms with Crippen molar-refractivity contribution in [2.75, 3.05) is 13.6 Å². The van der Waals surface area contributed by atoms with Gasteiger partial charge in [-0.15, -0.1) is 0 Å². The lowest BCUT2D eigenvalue weighted by Crippen LogP contribution is -2.45. The Morgan fingerprint density at radius 3 is 3.00 bits per heavy atom. The normalized spacial score (nSPS) is 28.5. The molecule has 2 atom stereocenters. The third-order valence-electron chi connectivity index (χ3n) is 3.58. The van der Waals surface area contributed by atoms with E-state index >= 15 is 0 Å². The zero-order valence-corrected chi connectivity index (χ0v) is 11.5. The van der Waals surface area contributed by atoms with Crippen molar-refractivity contribution in [1.29, 1.82) is 0 Å². The van der Waals surface area contributed by atoms with Crippen LogP contribution in [0.3, 0.4) is 0 Å². The number of nitrogens with one attached hydrogen (secondary N) is 2. The van der Waals surface area contributed by atoms with E-state index < -0.39 is 0 Å². The number of likely N-dealkylation sites (N-methyl/N-ethyl adjacent to an activating group) is 1. The number of hydrogen-bond donors (Lipinski definition) is 2. The summed E-state index contributed by atoms with van der Waals surface area (Å²) in [6.07, 6.45) is 7.45. The summed E-state index contributed by atoms with van der Waals surface area (Å²) >= 11 is 0. The first-order valence-corrected chi connectivity index (χ1v) is 6.75. The van der Waals surface area contributed by atoms with E-state index in [4.69, 9.17) is 0 Å². The van der Waals surface area contributed by atoms with Crippen LogP contribution in [0.1, 0.15) is 33.1 Å². The van der Waals surface area contributed by atoms with E-state index in [9.17, 15) is 4.79 Å². The third-order valence-corrected chi connectivity index (χ3v) is 3.58. The van der Waals surface area contributed by atoms with E-state index in [1.807, 2.05) is 18.1 Å². The topological polar surface area (TPSA) is 44.4 Å². The Morgan fingerprint density at radius 2 is 2.28 bits per heavy atom. The van der Waals surface area contributed by atoms with Crippen molar-refractivity contribution < 1.29 is 4.79 Å². The molecule has 100 valence electrons. The average Bonchev–Trinajstić information content (AvgIpc) is 2.32. The van der Waals surface area contributed by atoms with Gasteiger partial charge in [-0.1, -0.05) is 19.9 Å². The molecule has 1 heterocycles. The van der Waals surface area contributed by atoms with Crippen molar-refractivity contribution in [1.82, 2.24) is 15.8 Å². The van der Waals surface area contributed by atoms with Crippen LogP contribution in [0.25, 0.3) is 0 Å². The van der Waals surface area contributed by atoms with Crippen molar-refractivity contribution in [2.45, 2.75) is 33.1 Å². The van der Waals surface area contributed by atoms with Crippen molar-refractivity contribution >= 4 is 5.91 Å². The van der Waals surface area contributed by atoms with Gasteiger partial charge in [-0.05, 0) is 37.2 Å². The van der Waals surface area contributed by atoms with Crippen LogP contribution in [0.15, 0.2) is 23.5 Å². The monoisotopic (exact) mass is 249 g/mol.